The van der Waals surface area contributed by atoms with Gasteiger partial charge in [0, 0.05) is 25.2 Å². The Kier molecular flexibility index (Phi) is 5.32. The minimum Gasteiger partial charge on any atom is -0.483 e. The van der Waals surface area contributed by atoms with Gasteiger partial charge in [-0.05, 0) is 38.0 Å². The van der Waals surface area contributed by atoms with Crippen LogP contribution >= 0.6 is 11.6 Å². The maximum Gasteiger partial charge on any atom is 0.391 e. The lowest BCUT2D eigenvalue weighted by molar-refractivity contribution is -0.179. The van der Waals surface area contributed by atoms with Gasteiger partial charge in [-0.1, -0.05) is 17.7 Å². The quantitative estimate of drug-likeness (QED) is 0.779. The van der Waals surface area contributed by atoms with Crippen LogP contribution in [0.1, 0.15) is 31.7 Å². The third-order valence-corrected chi connectivity index (χ3v) is 4.83. The summed E-state index contributed by atoms with van der Waals surface area (Å²) < 4.78 is 46.1. The van der Waals surface area contributed by atoms with Crippen LogP contribution in [0.5, 0.6) is 5.75 Å². The van der Waals surface area contributed by atoms with E-state index in [1.807, 2.05) is 11.8 Å². The summed E-state index contributed by atoms with van der Waals surface area (Å²) in [5, 5.41) is 8.90. The van der Waals surface area contributed by atoms with E-state index in [-0.39, 0.29) is 18.9 Å². The molecule has 1 unspecified atom stereocenters. The number of ether oxygens (including phenoxy) is 1. The molecule has 2 heterocycles. The molecule has 26 heavy (non-hydrogen) atoms. The van der Waals surface area contributed by atoms with E-state index < -0.39 is 12.1 Å². The van der Waals surface area contributed by atoms with Crippen molar-refractivity contribution in [2.24, 2.45) is 13.0 Å². The third-order valence-electron chi connectivity index (χ3n) is 4.60. The highest BCUT2D eigenvalue weighted by atomic mass is 35.5. The van der Waals surface area contributed by atoms with Crippen molar-refractivity contribution in [1.82, 2.24) is 14.8 Å². The van der Waals surface area contributed by atoms with Crippen LogP contribution in [0, 0.1) is 5.92 Å². The van der Waals surface area contributed by atoms with Gasteiger partial charge in [0.15, 0.2) is 11.9 Å². The molecule has 1 atom stereocenters. The standard InChI is InChI=1S/C17H20ClF3N4O/c1-11(26-14-5-3-4-13(18)10-14)15-22-23-16(24(15)2)25-8-6-12(7-9-25)17(19,20)21/h3-5,10-12H,6-9H2,1-2H3. The molecule has 1 fully saturated rings. The van der Waals surface area contributed by atoms with Gasteiger partial charge in [0.25, 0.3) is 0 Å². The molecule has 5 nitrogen and oxygen atoms in total. The lowest BCUT2D eigenvalue weighted by Gasteiger charge is -2.33. The fraction of sp³-hybridized carbons (Fsp3) is 0.529. The summed E-state index contributed by atoms with van der Waals surface area (Å²) in [5.41, 5.74) is 0. The highest BCUT2D eigenvalue weighted by Gasteiger charge is 2.41. The predicted octanol–water partition coefficient (Wildman–Crippen LogP) is 4.39. The predicted molar refractivity (Wildman–Crippen MR) is 92.5 cm³/mol. The molecule has 9 heteroatoms. The normalized spacial score (nSPS) is 17.4. The lowest BCUT2D eigenvalue weighted by atomic mass is 9.96. The van der Waals surface area contributed by atoms with Crippen molar-refractivity contribution in [1.29, 1.82) is 0 Å². The molecule has 0 spiro atoms. The summed E-state index contributed by atoms with van der Waals surface area (Å²) in [6, 6.07) is 7.04. The van der Waals surface area contributed by atoms with Crippen LogP contribution in [0.15, 0.2) is 24.3 Å². The number of benzene rings is 1. The van der Waals surface area contributed by atoms with Gasteiger partial charge in [0.05, 0.1) is 5.92 Å². The molecule has 1 aromatic carbocycles. The minimum absolute atomic E-state index is 0.0697. The molecule has 0 N–H and O–H groups in total. The number of rotatable bonds is 4. The molecule has 1 aliphatic rings. The van der Waals surface area contributed by atoms with Crippen molar-refractivity contribution in [3.8, 4) is 5.75 Å². The van der Waals surface area contributed by atoms with Crippen LogP contribution in [0.25, 0.3) is 0 Å². The Bertz CT molecular complexity index is 757. The highest BCUT2D eigenvalue weighted by molar-refractivity contribution is 6.30. The fourth-order valence-electron chi connectivity index (χ4n) is 3.17. The van der Waals surface area contributed by atoms with Gasteiger partial charge in [0.2, 0.25) is 5.95 Å². The van der Waals surface area contributed by atoms with Crippen LogP contribution in [0.2, 0.25) is 5.02 Å². The maximum atomic E-state index is 12.8. The first-order chi connectivity index (χ1) is 12.3. The van der Waals surface area contributed by atoms with E-state index in [2.05, 4.69) is 10.2 Å². The van der Waals surface area contributed by atoms with E-state index in [9.17, 15) is 13.2 Å². The molecule has 1 aromatic heterocycles. The van der Waals surface area contributed by atoms with Gasteiger partial charge in [0.1, 0.15) is 5.75 Å². The molecule has 1 saturated heterocycles. The SMILES string of the molecule is CC(Oc1cccc(Cl)c1)c1nnc(N2CCC(C(F)(F)F)CC2)n1C. The first-order valence-electron chi connectivity index (χ1n) is 8.39. The number of halogens is 4. The third kappa shape index (κ3) is 4.06. The highest BCUT2D eigenvalue weighted by Crippen LogP contribution is 2.35. The number of aromatic nitrogens is 3. The average molecular weight is 389 g/mol. The Morgan fingerprint density at radius 1 is 1.23 bits per heavy atom. The van der Waals surface area contributed by atoms with Crippen molar-refractivity contribution in [2.45, 2.75) is 32.0 Å². The number of piperidine rings is 1. The van der Waals surface area contributed by atoms with E-state index in [1.54, 1.807) is 35.9 Å². The molecule has 142 valence electrons. The second-order valence-corrected chi connectivity index (χ2v) is 6.87. The number of hydrogen-bond acceptors (Lipinski definition) is 4. The fourth-order valence-corrected chi connectivity index (χ4v) is 3.35. The zero-order valence-electron chi connectivity index (χ0n) is 14.5. The molecule has 3 rings (SSSR count). The summed E-state index contributed by atoms with van der Waals surface area (Å²) in [6.45, 7) is 2.45. The van der Waals surface area contributed by atoms with Crippen LogP contribution in [0.4, 0.5) is 19.1 Å². The van der Waals surface area contributed by atoms with Crippen molar-refractivity contribution >= 4 is 17.5 Å². The van der Waals surface area contributed by atoms with Crippen LogP contribution < -0.4 is 9.64 Å². The van der Waals surface area contributed by atoms with Crippen LogP contribution in [-0.4, -0.2) is 34.0 Å². The van der Waals surface area contributed by atoms with Crippen molar-refractivity contribution in [2.75, 3.05) is 18.0 Å². The second-order valence-electron chi connectivity index (χ2n) is 6.44. The first-order valence-corrected chi connectivity index (χ1v) is 8.76. The molecular weight excluding hydrogens is 369 g/mol. The van der Waals surface area contributed by atoms with Gasteiger partial charge < -0.3 is 9.64 Å². The first kappa shape index (κ1) is 18.8. The molecule has 0 saturated carbocycles. The Morgan fingerprint density at radius 3 is 2.54 bits per heavy atom. The smallest absolute Gasteiger partial charge is 0.391 e. The Hall–Kier alpha value is -1.96. The van der Waals surface area contributed by atoms with E-state index in [4.69, 9.17) is 16.3 Å². The van der Waals surface area contributed by atoms with Gasteiger partial charge >= 0.3 is 6.18 Å². The number of anilines is 1. The summed E-state index contributed by atoms with van der Waals surface area (Å²) in [6.07, 6.45) is -4.37. The summed E-state index contributed by atoms with van der Waals surface area (Å²) in [5.74, 6) is 0.525. The molecule has 0 aliphatic carbocycles. The number of hydrogen-bond donors (Lipinski definition) is 0. The number of nitrogens with zero attached hydrogens (tertiary/aromatic N) is 4. The molecule has 1 aliphatic heterocycles. The van der Waals surface area contributed by atoms with E-state index >= 15 is 0 Å². The van der Waals surface area contributed by atoms with Crippen molar-refractivity contribution in [3.05, 3.63) is 35.1 Å². The molecule has 0 radical (unpaired) electrons. The van der Waals surface area contributed by atoms with Gasteiger partial charge in [-0.3, -0.25) is 4.57 Å². The van der Waals surface area contributed by atoms with E-state index in [1.165, 1.54) is 0 Å². The summed E-state index contributed by atoms with van der Waals surface area (Å²) >= 11 is 5.96. The van der Waals surface area contributed by atoms with Gasteiger partial charge in [-0.2, -0.15) is 13.2 Å². The Labute approximate surface area is 154 Å². The van der Waals surface area contributed by atoms with Gasteiger partial charge in [-0.25, -0.2) is 0 Å². The zero-order valence-corrected chi connectivity index (χ0v) is 15.3. The van der Waals surface area contributed by atoms with Crippen molar-refractivity contribution < 1.29 is 17.9 Å². The maximum absolute atomic E-state index is 12.8. The Balaban J connectivity index is 1.68. The zero-order chi connectivity index (χ0) is 18.9. The number of alkyl halides is 3. The van der Waals surface area contributed by atoms with Crippen LogP contribution in [-0.2, 0) is 7.05 Å². The summed E-state index contributed by atoms with van der Waals surface area (Å²) in [7, 11) is 1.79. The van der Waals surface area contributed by atoms with E-state index in [0.29, 0.717) is 35.6 Å². The minimum atomic E-state index is -4.13. The largest absolute Gasteiger partial charge is 0.483 e. The molecule has 2 aromatic rings. The average Bonchev–Trinajstić information content (AvgIpc) is 2.96. The van der Waals surface area contributed by atoms with Crippen LogP contribution in [0.3, 0.4) is 0 Å². The lowest BCUT2D eigenvalue weighted by Crippen LogP contribution is -2.40. The van der Waals surface area contributed by atoms with Crippen molar-refractivity contribution in [3.63, 3.8) is 0 Å². The monoisotopic (exact) mass is 388 g/mol. The Morgan fingerprint density at radius 2 is 1.92 bits per heavy atom. The van der Waals surface area contributed by atoms with E-state index in [0.717, 1.165) is 0 Å². The van der Waals surface area contributed by atoms with Gasteiger partial charge in [-0.15, -0.1) is 10.2 Å². The summed E-state index contributed by atoms with van der Waals surface area (Å²) in [4.78, 5) is 1.84. The second kappa shape index (κ2) is 7.34. The molecular formula is C17H20ClF3N4O. The molecule has 0 bridgehead atoms. The molecule has 0 amide bonds. The topological polar surface area (TPSA) is 43.2 Å².